The summed E-state index contributed by atoms with van der Waals surface area (Å²) in [7, 11) is -5.03. The second kappa shape index (κ2) is 9.83. The van der Waals surface area contributed by atoms with Crippen molar-refractivity contribution in [2.24, 2.45) is 0 Å². The first-order valence-corrected chi connectivity index (χ1v) is 12.4. The Hall–Kier alpha value is -0.206. The minimum absolute atomic E-state index is 0. The van der Waals surface area contributed by atoms with E-state index in [1.807, 2.05) is 56.3 Å². The molecule has 118 valence electrons. The fraction of sp³-hybridized carbons (Fsp3) is 0.438. The zero-order valence-electron chi connectivity index (χ0n) is 14.6. The van der Waals surface area contributed by atoms with Crippen LogP contribution in [0.25, 0.3) is 6.08 Å². The van der Waals surface area contributed by atoms with Crippen LogP contribution < -0.4 is 18.9 Å². The third-order valence-electron chi connectivity index (χ3n) is 2.89. The number of benzene rings is 1. The summed E-state index contributed by atoms with van der Waals surface area (Å²) in [6.45, 7) is 10.9. The predicted octanol–water partition coefficient (Wildman–Crippen LogP) is 2.38. The average Bonchev–Trinajstić information content (AvgIpc) is 2.39. The van der Waals surface area contributed by atoms with Crippen LogP contribution in [-0.4, -0.2) is 21.3 Å². The minimum Gasteiger partial charge on any atom is -0.318 e. The molecule has 0 aliphatic heterocycles. The molecule has 0 fully saturated rings. The molecular weight excluding hydrogens is 306 g/mol. The smallest absolute Gasteiger partial charge is 0.318 e. The fourth-order valence-corrected chi connectivity index (χ4v) is 7.55. The standard InChI is InChI=1S/C16H26O3PSi.Li/c1-6-18-20(17,19-7-2)16(21(3,4)5)14-13-15-11-9-8-10-12-15;/h8-14H,6-7H2,1-5H3;/q-1;+1/b14-13+;. The van der Waals surface area contributed by atoms with E-state index >= 15 is 0 Å². The summed E-state index contributed by atoms with van der Waals surface area (Å²) in [6.07, 6.45) is 3.92. The maximum Gasteiger partial charge on any atom is 1.00 e. The van der Waals surface area contributed by atoms with Crippen LogP contribution in [0, 0.1) is 5.28 Å². The molecule has 3 nitrogen and oxygen atoms in total. The van der Waals surface area contributed by atoms with E-state index < -0.39 is 15.7 Å². The van der Waals surface area contributed by atoms with E-state index in [0.717, 1.165) is 10.8 Å². The Morgan fingerprint density at radius 3 is 2.00 bits per heavy atom. The summed E-state index contributed by atoms with van der Waals surface area (Å²) in [5.74, 6) is 0. The van der Waals surface area contributed by atoms with Gasteiger partial charge in [0.1, 0.15) is 0 Å². The molecule has 0 amide bonds. The van der Waals surface area contributed by atoms with Gasteiger partial charge in [0, 0.05) is 0 Å². The quantitative estimate of drug-likeness (QED) is 0.417. The molecule has 0 bridgehead atoms. The van der Waals surface area contributed by atoms with Gasteiger partial charge in [-0.3, -0.25) is 4.57 Å². The van der Waals surface area contributed by atoms with E-state index in [0.29, 0.717) is 13.2 Å². The van der Waals surface area contributed by atoms with Crippen LogP contribution in [0.15, 0.2) is 36.4 Å². The molecule has 6 heteroatoms. The maximum atomic E-state index is 13.1. The van der Waals surface area contributed by atoms with Gasteiger partial charge in [0.05, 0.1) is 13.2 Å². The topological polar surface area (TPSA) is 35.5 Å². The zero-order chi connectivity index (χ0) is 15.9. The van der Waals surface area contributed by atoms with Crippen molar-refractivity contribution in [3.63, 3.8) is 0 Å². The van der Waals surface area contributed by atoms with Gasteiger partial charge in [0.15, 0.2) is 0 Å². The third kappa shape index (κ3) is 6.50. The molecule has 0 spiro atoms. The van der Waals surface area contributed by atoms with Crippen molar-refractivity contribution in [3.05, 3.63) is 47.3 Å². The van der Waals surface area contributed by atoms with Crippen LogP contribution in [0.3, 0.4) is 0 Å². The molecule has 22 heavy (non-hydrogen) atoms. The van der Waals surface area contributed by atoms with Crippen LogP contribution in [0.5, 0.6) is 0 Å². The normalized spacial score (nSPS) is 12.2. The molecule has 0 saturated heterocycles. The molecule has 1 aromatic rings. The summed E-state index contributed by atoms with van der Waals surface area (Å²) >= 11 is 0. The van der Waals surface area contributed by atoms with Crippen LogP contribution in [0.1, 0.15) is 19.4 Å². The molecule has 0 heterocycles. The summed E-state index contributed by atoms with van der Waals surface area (Å²) in [5, 5.41) is 0.836. The third-order valence-corrected chi connectivity index (χ3v) is 9.37. The largest absolute Gasteiger partial charge is 1.00 e. The Balaban J connectivity index is 0.00000441. The number of hydrogen-bond acceptors (Lipinski definition) is 3. The Bertz CT molecular complexity index is 490. The number of allylic oxidation sites excluding steroid dienone is 1. The van der Waals surface area contributed by atoms with Crippen molar-refractivity contribution >= 4 is 21.7 Å². The van der Waals surface area contributed by atoms with Crippen molar-refractivity contribution in [1.29, 1.82) is 0 Å². The van der Waals surface area contributed by atoms with E-state index in [9.17, 15) is 4.57 Å². The molecule has 0 aromatic heterocycles. The van der Waals surface area contributed by atoms with Gasteiger partial charge >= 0.3 is 18.9 Å². The fourth-order valence-electron chi connectivity index (χ4n) is 2.01. The van der Waals surface area contributed by atoms with E-state index in [1.54, 1.807) is 0 Å². The molecule has 0 aliphatic rings. The Morgan fingerprint density at radius 2 is 1.59 bits per heavy atom. The Kier molecular flexibility index (Phi) is 9.73. The van der Waals surface area contributed by atoms with Crippen molar-refractivity contribution in [2.75, 3.05) is 13.2 Å². The number of hydrogen-bond donors (Lipinski definition) is 0. The molecule has 1 rings (SSSR count). The van der Waals surface area contributed by atoms with E-state index in [-0.39, 0.29) is 18.9 Å². The first kappa shape index (κ1) is 21.8. The molecule has 0 unspecified atom stereocenters. The van der Waals surface area contributed by atoms with Crippen molar-refractivity contribution in [1.82, 2.24) is 0 Å². The Morgan fingerprint density at radius 1 is 1.09 bits per heavy atom. The van der Waals surface area contributed by atoms with E-state index in [1.165, 1.54) is 0 Å². The summed E-state index contributed by atoms with van der Waals surface area (Å²) in [5.41, 5.74) is 1.08. The van der Waals surface area contributed by atoms with Crippen molar-refractivity contribution in [3.8, 4) is 0 Å². The molecular formula is C16H26LiO3PSi. The van der Waals surface area contributed by atoms with Gasteiger partial charge in [-0.05, 0) is 21.9 Å². The SMILES string of the molecule is CCOP(=O)(OCC)[C-](/C=C/c1ccccc1)[Si](C)(C)C.[Li+]. The second-order valence-corrected chi connectivity index (χ2v) is 13.2. The van der Waals surface area contributed by atoms with Gasteiger partial charge < -0.3 is 9.05 Å². The van der Waals surface area contributed by atoms with Gasteiger partial charge in [0.2, 0.25) is 0 Å². The summed E-state index contributed by atoms with van der Waals surface area (Å²) < 4.78 is 24.1. The van der Waals surface area contributed by atoms with Crippen LogP contribution in [0.4, 0.5) is 0 Å². The minimum atomic E-state index is -3.20. The molecule has 0 aliphatic carbocycles. The first-order valence-electron chi connectivity index (χ1n) is 7.33. The van der Waals surface area contributed by atoms with Crippen LogP contribution >= 0.6 is 7.60 Å². The molecule has 1 aromatic carbocycles. The predicted molar refractivity (Wildman–Crippen MR) is 92.9 cm³/mol. The summed E-state index contributed by atoms with van der Waals surface area (Å²) in [6, 6.07) is 9.98. The van der Waals surface area contributed by atoms with Gasteiger partial charge in [0.25, 0.3) is 7.60 Å². The van der Waals surface area contributed by atoms with Crippen molar-refractivity contribution < 1.29 is 32.5 Å². The maximum absolute atomic E-state index is 13.1. The van der Waals surface area contributed by atoms with Crippen molar-refractivity contribution in [2.45, 2.75) is 33.5 Å². The van der Waals surface area contributed by atoms with Gasteiger partial charge in [-0.2, -0.15) is 0 Å². The molecule has 0 radical (unpaired) electrons. The zero-order valence-corrected chi connectivity index (χ0v) is 16.5. The van der Waals surface area contributed by atoms with E-state index in [2.05, 4.69) is 19.6 Å². The van der Waals surface area contributed by atoms with Crippen LogP contribution in [-0.2, 0) is 13.6 Å². The molecule has 0 saturated carbocycles. The average molecular weight is 332 g/mol. The van der Waals surface area contributed by atoms with Gasteiger partial charge in [-0.1, -0.05) is 50.0 Å². The molecule has 0 N–H and O–H groups in total. The van der Waals surface area contributed by atoms with E-state index in [4.69, 9.17) is 9.05 Å². The van der Waals surface area contributed by atoms with Gasteiger partial charge in [-0.15, -0.1) is 10.8 Å². The van der Waals surface area contributed by atoms with Gasteiger partial charge in [-0.25, -0.2) is 12.2 Å². The Labute approximate surface area is 148 Å². The first-order chi connectivity index (χ1) is 9.83. The monoisotopic (exact) mass is 332 g/mol. The number of rotatable bonds is 8. The second-order valence-electron chi connectivity index (χ2n) is 5.71. The summed E-state index contributed by atoms with van der Waals surface area (Å²) in [4.78, 5) is 0. The van der Waals surface area contributed by atoms with Crippen LogP contribution in [0.2, 0.25) is 19.6 Å². The molecule has 0 atom stereocenters.